The van der Waals surface area contributed by atoms with Crippen LogP contribution in [0.2, 0.25) is 0 Å². The Kier molecular flexibility index (Phi) is 10.9. The maximum Gasteiger partial charge on any atom is 0.326 e. The van der Waals surface area contributed by atoms with Gasteiger partial charge in [0.05, 0.1) is 6.04 Å². The molecule has 14 heteroatoms. The van der Waals surface area contributed by atoms with Gasteiger partial charge in [-0.05, 0) is 31.2 Å². The summed E-state index contributed by atoms with van der Waals surface area (Å²) >= 11 is 0. The lowest BCUT2D eigenvalue weighted by Crippen LogP contribution is -2.48. The number of hydrogen-bond acceptors (Lipinski definition) is 9. The number of carboxylic acids is 1. The lowest BCUT2D eigenvalue weighted by Gasteiger charge is -2.19. The molecule has 0 saturated carbocycles. The lowest BCUT2D eigenvalue weighted by atomic mass is 10.1. The highest BCUT2D eigenvalue weighted by Gasteiger charge is 2.26. The lowest BCUT2D eigenvalue weighted by molar-refractivity contribution is -0.139. The molecule has 2 rings (SSSR count). The Labute approximate surface area is 202 Å². The largest absolute Gasteiger partial charge is 0.480 e. The number of aliphatic imine (C=N–C) groups is 1. The predicted molar refractivity (Wildman–Crippen MR) is 127 cm³/mol. The summed E-state index contributed by atoms with van der Waals surface area (Å²) in [6.07, 6.45) is 0.424. The van der Waals surface area contributed by atoms with Crippen LogP contribution in [0.4, 0.5) is 4.79 Å². The third-order valence-corrected chi connectivity index (χ3v) is 5.00. The Hall–Kier alpha value is -3.75. The maximum absolute atomic E-state index is 12.7. The smallest absolute Gasteiger partial charge is 0.326 e. The molecule has 1 unspecified atom stereocenters. The second kappa shape index (κ2) is 13.8. The molecule has 0 spiro atoms. The third kappa shape index (κ3) is 9.95. The predicted octanol–water partition coefficient (Wildman–Crippen LogP) is -0.783. The van der Waals surface area contributed by atoms with Crippen molar-refractivity contribution in [1.82, 2.24) is 20.8 Å². The number of benzene rings is 1. The van der Waals surface area contributed by atoms with Gasteiger partial charge in [-0.3, -0.25) is 4.99 Å². The molecule has 0 radical (unpaired) electrons. The molecule has 14 nitrogen and oxygen atoms in total. The van der Waals surface area contributed by atoms with Crippen LogP contribution in [0, 0.1) is 0 Å². The molecule has 0 aliphatic rings. The maximum atomic E-state index is 12.7. The average molecular weight is 492 g/mol. The first-order chi connectivity index (χ1) is 16.7. The van der Waals surface area contributed by atoms with E-state index in [1.807, 2.05) is 6.07 Å². The zero-order chi connectivity index (χ0) is 25.8. The Morgan fingerprint density at radius 3 is 2.43 bits per heavy atom. The van der Waals surface area contributed by atoms with E-state index >= 15 is 0 Å². The van der Waals surface area contributed by atoms with Crippen LogP contribution >= 0.6 is 0 Å². The fourth-order valence-electron chi connectivity index (χ4n) is 3.19. The number of aromatic nitrogens is 2. The number of aliphatic hydroxyl groups excluding tert-OH is 1. The van der Waals surface area contributed by atoms with Crippen LogP contribution in [0.15, 0.2) is 39.8 Å². The third-order valence-electron chi connectivity index (χ3n) is 5.00. The molecule has 1 heterocycles. The number of carboxylic acid groups (broad SMARTS) is 1. The molecule has 35 heavy (non-hydrogen) atoms. The molecule has 1 aromatic carbocycles. The number of carbonyl (C=O) groups is 2. The monoisotopic (exact) mass is 491 g/mol. The van der Waals surface area contributed by atoms with E-state index in [4.69, 9.17) is 27.5 Å². The SMILES string of the molecule is NC(N)=NCCC[C@H](NC(=O)N[C@@H](Cc1ccccc1)C(=O)O)c1nc([C@@H](N)CCC(N)O)no1. The highest BCUT2D eigenvalue weighted by molar-refractivity contribution is 5.83. The molecular weight excluding hydrogens is 458 g/mol. The summed E-state index contributed by atoms with van der Waals surface area (Å²) in [6.45, 7) is 0.294. The van der Waals surface area contributed by atoms with Gasteiger partial charge in [0.2, 0.25) is 5.89 Å². The number of nitrogens with zero attached hydrogens (tertiary/aromatic N) is 3. The summed E-state index contributed by atoms with van der Waals surface area (Å²) in [6, 6.07) is 5.65. The first-order valence-corrected chi connectivity index (χ1v) is 11.1. The second-order valence-electron chi connectivity index (χ2n) is 7.94. The molecule has 2 aromatic rings. The number of urea groups is 1. The number of carbonyl (C=O) groups excluding carboxylic acids is 1. The Morgan fingerprint density at radius 1 is 1.09 bits per heavy atom. The summed E-state index contributed by atoms with van der Waals surface area (Å²) in [5, 5.41) is 27.8. The number of hydrogen-bond donors (Lipinski definition) is 8. The number of nitrogens with one attached hydrogen (secondary N) is 2. The minimum atomic E-state index is -1.18. The number of nitrogens with two attached hydrogens (primary N) is 4. The van der Waals surface area contributed by atoms with Crippen molar-refractivity contribution in [3.8, 4) is 0 Å². The Balaban J connectivity index is 2.09. The van der Waals surface area contributed by atoms with Crippen molar-refractivity contribution in [1.29, 1.82) is 0 Å². The van der Waals surface area contributed by atoms with Crippen molar-refractivity contribution in [2.75, 3.05) is 6.54 Å². The first-order valence-electron chi connectivity index (χ1n) is 11.1. The normalized spacial score (nSPS) is 14.4. The topological polar surface area (TPSA) is 254 Å². The molecule has 1 aromatic heterocycles. The van der Waals surface area contributed by atoms with E-state index in [2.05, 4.69) is 25.8 Å². The summed E-state index contributed by atoms with van der Waals surface area (Å²) in [5.41, 5.74) is 22.8. The van der Waals surface area contributed by atoms with Crippen LogP contribution in [0.5, 0.6) is 0 Å². The van der Waals surface area contributed by atoms with E-state index in [0.717, 1.165) is 5.56 Å². The highest BCUT2D eigenvalue weighted by atomic mass is 16.5. The van der Waals surface area contributed by atoms with E-state index in [1.165, 1.54) is 0 Å². The first kappa shape index (κ1) is 27.5. The van der Waals surface area contributed by atoms with E-state index in [9.17, 15) is 19.8 Å². The molecule has 0 fully saturated rings. The standard InChI is InChI=1S/C21H33N9O5/c22-13(8-9-16(23)31)17-29-18(35-30-17)14(7-4-10-26-20(24)25)27-21(34)28-15(19(32)33)11-12-5-2-1-3-6-12/h1-3,5-6,13-16,31H,4,7-11,22-23H2,(H,32,33)(H4,24,25,26)(H2,27,28,34)/t13-,14-,15-,16?/m0/s1. The molecule has 0 aliphatic heterocycles. The van der Waals surface area contributed by atoms with Crippen molar-refractivity contribution in [2.24, 2.45) is 27.9 Å². The van der Waals surface area contributed by atoms with Gasteiger partial charge >= 0.3 is 12.0 Å². The highest BCUT2D eigenvalue weighted by Crippen LogP contribution is 2.20. The average Bonchev–Trinajstić information content (AvgIpc) is 3.30. The summed E-state index contributed by atoms with van der Waals surface area (Å²) in [5.74, 6) is -0.977. The van der Waals surface area contributed by atoms with E-state index in [-0.39, 0.29) is 30.5 Å². The fraction of sp³-hybridized carbons (Fsp3) is 0.476. The number of amides is 2. The fourth-order valence-corrected chi connectivity index (χ4v) is 3.19. The number of aliphatic carboxylic acids is 1. The summed E-state index contributed by atoms with van der Waals surface area (Å²) < 4.78 is 5.30. The van der Waals surface area contributed by atoms with Gasteiger partial charge in [-0.2, -0.15) is 4.98 Å². The van der Waals surface area contributed by atoms with Gasteiger partial charge in [0.1, 0.15) is 18.3 Å². The molecule has 4 atom stereocenters. The van der Waals surface area contributed by atoms with E-state index in [0.29, 0.717) is 25.8 Å². The van der Waals surface area contributed by atoms with Gasteiger partial charge in [0.25, 0.3) is 0 Å². The van der Waals surface area contributed by atoms with Crippen molar-refractivity contribution in [2.45, 2.75) is 56.5 Å². The van der Waals surface area contributed by atoms with E-state index in [1.54, 1.807) is 24.3 Å². The molecule has 0 bridgehead atoms. The Morgan fingerprint density at radius 2 is 1.80 bits per heavy atom. The molecular formula is C21H33N9O5. The quantitative estimate of drug-likeness (QED) is 0.0703. The van der Waals surface area contributed by atoms with Crippen molar-refractivity contribution < 1.29 is 24.3 Å². The number of aliphatic hydroxyl groups is 1. The van der Waals surface area contributed by atoms with Gasteiger partial charge in [0, 0.05) is 13.0 Å². The van der Waals surface area contributed by atoms with Gasteiger partial charge in [-0.15, -0.1) is 0 Å². The van der Waals surface area contributed by atoms with Crippen LogP contribution < -0.4 is 33.6 Å². The summed E-state index contributed by atoms with van der Waals surface area (Å²) in [7, 11) is 0. The zero-order valence-corrected chi connectivity index (χ0v) is 19.2. The Bertz CT molecular complexity index is 963. The van der Waals surface area contributed by atoms with Crippen molar-refractivity contribution >= 4 is 18.0 Å². The molecule has 0 aliphatic carbocycles. The molecule has 12 N–H and O–H groups in total. The molecule has 192 valence electrons. The van der Waals surface area contributed by atoms with Gasteiger partial charge in [-0.1, -0.05) is 35.5 Å². The van der Waals surface area contributed by atoms with Crippen LogP contribution in [-0.2, 0) is 11.2 Å². The van der Waals surface area contributed by atoms with Crippen molar-refractivity contribution in [3.05, 3.63) is 47.6 Å². The van der Waals surface area contributed by atoms with Crippen LogP contribution in [0.3, 0.4) is 0 Å². The van der Waals surface area contributed by atoms with Gasteiger partial charge < -0.3 is 48.3 Å². The van der Waals surface area contributed by atoms with Gasteiger partial charge in [0.15, 0.2) is 11.8 Å². The van der Waals surface area contributed by atoms with E-state index < -0.39 is 36.4 Å². The molecule has 0 saturated heterocycles. The van der Waals surface area contributed by atoms with Crippen molar-refractivity contribution in [3.63, 3.8) is 0 Å². The van der Waals surface area contributed by atoms with Crippen LogP contribution in [0.25, 0.3) is 0 Å². The van der Waals surface area contributed by atoms with Crippen LogP contribution in [0.1, 0.15) is 55.0 Å². The minimum Gasteiger partial charge on any atom is -0.480 e. The van der Waals surface area contributed by atoms with Gasteiger partial charge in [-0.25, -0.2) is 9.59 Å². The van der Waals surface area contributed by atoms with Crippen LogP contribution in [-0.4, -0.2) is 57.1 Å². The summed E-state index contributed by atoms with van der Waals surface area (Å²) in [4.78, 5) is 32.6. The number of rotatable bonds is 14. The second-order valence-corrected chi connectivity index (χ2v) is 7.94. The minimum absolute atomic E-state index is 0.0643. The molecule has 2 amide bonds. The zero-order valence-electron chi connectivity index (χ0n) is 19.2. The number of guanidine groups is 1.